The summed E-state index contributed by atoms with van der Waals surface area (Å²) in [6, 6.07) is 4.94. The Balaban J connectivity index is 3.15. The number of carbonyl (C=O) groups excluding carboxylic acids is 1. The van der Waals surface area contributed by atoms with Gasteiger partial charge in [0.15, 0.2) is 5.72 Å². The second kappa shape index (κ2) is 5.70. The van der Waals surface area contributed by atoms with E-state index in [1.165, 1.54) is 21.1 Å². The zero-order valence-corrected chi connectivity index (χ0v) is 10.7. The minimum absolute atomic E-state index is 0.206. The van der Waals surface area contributed by atoms with Crippen LogP contribution in [0.4, 0.5) is 0 Å². The third kappa shape index (κ3) is 3.12. The molecule has 0 heterocycles. The Morgan fingerprint density at radius 3 is 2.61 bits per heavy atom. The van der Waals surface area contributed by atoms with Crippen LogP contribution in [0.2, 0.25) is 0 Å². The summed E-state index contributed by atoms with van der Waals surface area (Å²) in [5.74, 6) is 0.524. The maximum atomic E-state index is 11.3. The molecule has 1 rings (SSSR count). The van der Waals surface area contributed by atoms with Crippen LogP contribution in [0.3, 0.4) is 0 Å². The van der Waals surface area contributed by atoms with Gasteiger partial charge in [0.05, 0.1) is 20.8 Å². The number of benzene rings is 1. The molecular weight excluding hydrogens is 236 g/mol. The Morgan fingerprint density at radius 1 is 1.44 bits per heavy atom. The van der Waals surface area contributed by atoms with Crippen molar-refractivity contribution in [1.29, 1.82) is 0 Å². The average molecular weight is 254 g/mol. The fourth-order valence-corrected chi connectivity index (χ4v) is 1.58. The minimum atomic E-state index is -1.59. The van der Waals surface area contributed by atoms with Gasteiger partial charge in [-0.2, -0.15) is 0 Å². The lowest BCUT2D eigenvalue weighted by atomic mass is 10.0. The maximum Gasteiger partial charge on any atom is 0.236 e. The molecule has 0 aliphatic heterocycles. The monoisotopic (exact) mass is 254 g/mol. The predicted octanol–water partition coefficient (Wildman–Crippen LogP) is -0.0563. The Bertz CT molecular complexity index is 432. The van der Waals surface area contributed by atoms with Crippen LogP contribution in [0, 0.1) is 0 Å². The summed E-state index contributed by atoms with van der Waals surface area (Å²) in [7, 11) is 2.99. The van der Waals surface area contributed by atoms with Gasteiger partial charge in [-0.25, -0.2) is 0 Å². The smallest absolute Gasteiger partial charge is 0.236 e. The highest BCUT2D eigenvalue weighted by atomic mass is 16.5. The van der Waals surface area contributed by atoms with Crippen LogP contribution >= 0.6 is 0 Å². The molecule has 0 aliphatic carbocycles. The van der Waals surface area contributed by atoms with Crippen molar-refractivity contribution >= 4 is 5.91 Å². The number of nitrogens with one attached hydrogen (secondary N) is 1. The highest BCUT2D eigenvalue weighted by molar-refractivity contribution is 5.78. The van der Waals surface area contributed by atoms with E-state index < -0.39 is 11.6 Å². The summed E-state index contributed by atoms with van der Waals surface area (Å²) in [6.45, 7) is 1.24. The van der Waals surface area contributed by atoms with Crippen LogP contribution in [-0.2, 0) is 10.5 Å². The number of hydrogen-bond acceptors (Lipinski definition) is 5. The average Bonchev–Trinajstić information content (AvgIpc) is 2.37. The fourth-order valence-electron chi connectivity index (χ4n) is 1.58. The highest BCUT2D eigenvalue weighted by Gasteiger charge is 2.28. The van der Waals surface area contributed by atoms with Gasteiger partial charge in [-0.3, -0.25) is 4.79 Å². The first-order chi connectivity index (χ1) is 8.44. The molecule has 4 N–H and O–H groups in total. The lowest BCUT2D eigenvalue weighted by Crippen LogP contribution is -2.46. The molecule has 1 aromatic carbocycles. The van der Waals surface area contributed by atoms with Crippen LogP contribution in [-0.4, -0.2) is 31.8 Å². The number of methoxy groups -OCH3 is 2. The molecule has 0 aliphatic rings. The molecule has 0 aromatic heterocycles. The Labute approximate surface area is 106 Å². The summed E-state index contributed by atoms with van der Waals surface area (Å²) in [4.78, 5) is 11.3. The number of rotatable bonds is 5. The van der Waals surface area contributed by atoms with Gasteiger partial charge in [0.2, 0.25) is 5.91 Å². The first-order valence-electron chi connectivity index (χ1n) is 5.40. The maximum absolute atomic E-state index is 11.3. The van der Waals surface area contributed by atoms with Crippen molar-refractivity contribution in [2.24, 2.45) is 5.73 Å². The SMILES string of the molecule is COc1ccc(OC)c(C(C)(O)NC(=O)CN)c1. The number of aliphatic hydroxyl groups is 1. The number of amides is 1. The molecule has 0 radical (unpaired) electrons. The number of hydrogen-bond donors (Lipinski definition) is 3. The van der Waals surface area contributed by atoms with Crippen LogP contribution in [0.25, 0.3) is 0 Å². The molecule has 6 heteroatoms. The quantitative estimate of drug-likeness (QED) is 0.640. The van der Waals surface area contributed by atoms with E-state index in [2.05, 4.69) is 5.32 Å². The molecule has 1 unspecified atom stereocenters. The van der Waals surface area contributed by atoms with Crippen molar-refractivity contribution in [3.05, 3.63) is 23.8 Å². The van der Waals surface area contributed by atoms with Crippen molar-refractivity contribution in [1.82, 2.24) is 5.32 Å². The van der Waals surface area contributed by atoms with Crippen molar-refractivity contribution in [2.45, 2.75) is 12.6 Å². The van der Waals surface area contributed by atoms with E-state index in [0.717, 1.165) is 0 Å². The Hall–Kier alpha value is -1.79. The van der Waals surface area contributed by atoms with Crippen molar-refractivity contribution in [3.63, 3.8) is 0 Å². The third-order valence-corrected chi connectivity index (χ3v) is 2.50. The fraction of sp³-hybridized carbons (Fsp3) is 0.417. The van der Waals surface area contributed by atoms with Crippen LogP contribution in [0.1, 0.15) is 12.5 Å². The van der Waals surface area contributed by atoms with Crippen molar-refractivity contribution in [2.75, 3.05) is 20.8 Å². The summed E-state index contributed by atoms with van der Waals surface area (Å²) >= 11 is 0. The molecule has 0 saturated heterocycles. The standard InChI is InChI=1S/C12H18N2O4/c1-12(16,14-11(15)7-13)9-6-8(17-2)4-5-10(9)18-3/h4-6,16H,7,13H2,1-3H3,(H,14,15). The van der Waals surface area contributed by atoms with Gasteiger partial charge in [0.1, 0.15) is 11.5 Å². The molecule has 1 atom stereocenters. The zero-order chi connectivity index (χ0) is 13.8. The zero-order valence-electron chi connectivity index (χ0n) is 10.7. The summed E-state index contributed by atoms with van der Waals surface area (Å²) in [5, 5.41) is 12.7. The van der Waals surface area contributed by atoms with Gasteiger partial charge in [-0.15, -0.1) is 0 Å². The number of carbonyl (C=O) groups is 1. The van der Waals surface area contributed by atoms with E-state index in [1.54, 1.807) is 18.2 Å². The van der Waals surface area contributed by atoms with Gasteiger partial charge >= 0.3 is 0 Å². The first-order valence-corrected chi connectivity index (χ1v) is 5.40. The molecule has 6 nitrogen and oxygen atoms in total. The Morgan fingerprint density at radius 2 is 2.11 bits per heavy atom. The number of ether oxygens (including phenoxy) is 2. The second-order valence-corrected chi connectivity index (χ2v) is 3.89. The minimum Gasteiger partial charge on any atom is -0.497 e. The first kappa shape index (κ1) is 14.3. The van der Waals surface area contributed by atoms with Crippen LogP contribution in [0.5, 0.6) is 11.5 Å². The van der Waals surface area contributed by atoms with Crippen molar-refractivity contribution < 1.29 is 19.4 Å². The molecule has 1 aromatic rings. The van der Waals surface area contributed by atoms with Crippen LogP contribution < -0.4 is 20.5 Å². The normalized spacial score (nSPS) is 13.6. The molecule has 18 heavy (non-hydrogen) atoms. The molecule has 1 amide bonds. The lowest BCUT2D eigenvalue weighted by molar-refractivity contribution is -0.127. The van der Waals surface area contributed by atoms with E-state index in [9.17, 15) is 9.90 Å². The second-order valence-electron chi connectivity index (χ2n) is 3.89. The van der Waals surface area contributed by atoms with Crippen LogP contribution in [0.15, 0.2) is 18.2 Å². The van der Waals surface area contributed by atoms with Gasteiger partial charge in [-0.1, -0.05) is 0 Å². The van der Waals surface area contributed by atoms with Gasteiger partial charge in [-0.05, 0) is 25.1 Å². The molecular formula is C12H18N2O4. The van der Waals surface area contributed by atoms with E-state index in [-0.39, 0.29) is 6.54 Å². The van der Waals surface area contributed by atoms with Crippen molar-refractivity contribution in [3.8, 4) is 11.5 Å². The van der Waals surface area contributed by atoms with E-state index in [0.29, 0.717) is 17.1 Å². The Kier molecular flexibility index (Phi) is 4.52. The predicted molar refractivity (Wildman–Crippen MR) is 66.3 cm³/mol. The third-order valence-electron chi connectivity index (χ3n) is 2.50. The van der Waals surface area contributed by atoms with Gasteiger partial charge in [0, 0.05) is 5.56 Å². The summed E-state index contributed by atoms with van der Waals surface area (Å²) in [5.41, 5.74) is 4.01. The summed E-state index contributed by atoms with van der Waals surface area (Å²) in [6.07, 6.45) is 0. The largest absolute Gasteiger partial charge is 0.497 e. The lowest BCUT2D eigenvalue weighted by Gasteiger charge is -2.27. The highest BCUT2D eigenvalue weighted by Crippen LogP contribution is 2.31. The van der Waals surface area contributed by atoms with Gasteiger partial charge in [0.25, 0.3) is 0 Å². The van der Waals surface area contributed by atoms with E-state index in [1.807, 2.05) is 0 Å². The summed E-state index contributed by atoms with van der Waals surface area (Å²) < 4.78 is 10.2. The molecule has 0 spiro atoms. The molecule has 100 valence electrons. The topological polar surface area (TPSA) is 93.8 Å². The molecule has 0 saturated carbocycles. The van der Waals surface area contributed by atoms with Gasteiger partial charge < -0.3 is 25.6 Å². The van der Waals surface area contributed by atoms with E-state index in [4.69, 9.17) is 15.2 Å². The van der Waals surface area contributed by atoms with E-state index >= 15 is 0 Å². The molecule has 0 bridgehead atoms. The number of nitrogens with two attached hydrogens (primary N) is 1. The molecule has 0 fully saturated rings.